The first-order chi connectivity index (χ1) is 13.0. The molecule has 0 spiro atoms. The van der Waals surface area contributed by atoms with E-state index in [2.05, 4.69) is 15.7 Å². The first-order valence-corrected chi connectivity index (χ1v) is 8.84. The van der Waals surface area contributed by atoms with Gasteiger partial charge in [0, 0.05) is 28.8 Å². The zero-order valence-electron chi connectivity index (χ0n) is 14.7. The van der Waals surface area contributed by atoms with Gasteiger partial charge in [-0.15, -0.1) is 0 Å². The summed E-state index contributed by atoms with van der Waals surface area (Å²) in [4.78, 5) is 24.6. The number of carbonyl (C=O) groups excluding carboxylic acids is 2. The van der Waals surface area contributed by atoms with Gasteiger partial charge in [0.2, 0.25) is 11.8 Å². The number of benzene rings is 2. The number of hydrogen-bond donors (Lipinski definition) is 2. The lowest BCUT2D eigenvalue weighted by atomic mass is 10.1. The van der Waals surface area contributed by atoms with Crippen LogP contribution in [0.15, 0.2) is 67.0 Å². The minimum absolute atomic E-state index is 0.173. The smallest absolute Gasteiger partial charge is 0.248 e. The molecule has 2 N–H and O–H groups in total. The molecule has 0 aliphatic carbocycles. The Labute approximate surface area is 162 Å². The molecule has 1 heterocycles. The number of aromatic nitrogens is 2. The molecule has 1 unspecified atom stereocenters. The quantitative estimate of drug-likeness (QED) is 0.678. The Kier molecular flexibility index (Phi) is 5.88. The van der Waals surface area contributed by atoms with E-state index in [0.717, 1.165) is 5.56 Å². The maximum absolute atomic E-state index is 12.3. The van der Waals surface area contributed by atoms with Gasteiger partial charge in [-0.25, -0.2) is 0 Å². The average molecular weight is 383 g/mol. The van der Waals surface area contributed by atoms with Crippen LogP contribution in [0.25, 0.3) is 0 Å². The molecule has 0 radical (unpaired) electrons. The second-order valence-corrected chi connectivity index (χ2v) is 6.46. The zero-order valence-corrected chi connectivity index (χ0v) is 15.5. The molecule has 0 aliphatic rings. The van der Waals surface area contributed by atoms with Crippen LogP contribution in [0.5, 0.6) is 0 Å². The standard InChI is InChI=1S/C20H19ClN4O2/c1-14(25-11-5-10-22-25)20(27)24-17-8-4-7-16(13-17)23-19(26)12-15-6-2-3-9-18(15)21/h2-11,13-14H,12H2,1H3,(H,23,26)(H,24,27). The van der Waals surface area contributed by atoms with E-state index in [1.807, 2.05) is 18.2 Å². The third kappa shape index (κ3) is 4.95. The predicted molar refractivity (Wildman–Crippen MR) is 106 cm³/mol. The van der Waals surface area contributed by atoms with E-state index in [9.17, 15) is 9.59 Å². The first kappa shape index (κ1) is 18.7. The molecule has 0 aliphatic heterocycles. The van der Waals surface area contributed by atoms with Crippen LogP contribution in [0, 0.1) is 0 Å². The topological polar surface area (TPSA) is 76.0 Å². The molecular formula is C20H19ClN4O2. The van der Waals surface area contributed by atoms with Crippen LogP contribution in [-0.2, 0) is 16.0 Å². The summed E-state index contributed by atoms with van der Waals surface area (Å²) in [6.45, 7) is 1.76. The van der Waals surface area contributed by atoms with E-state index in [4.69, 9.17) is 11.6 Å². The van der Waals surface area contributed by atoms with Gasteiger partial charge in [0.1, 0.15) is 6.04 Å². The molecule has 3 aromatic rings. The largest absolute Gasteiger partial charge is 0.326 e. The number of halogens is 1. The summed E-state index contributed by atoms with van der Waals surface area (Å²) in [6.07, 6.45) is 3.53. The van der Waals surface area contributed by atoms with Gasteiger partial charge in [-0.3, -0.25) is 14.3 Å². The fourth-order valence-electron chi connectivity index (χ4n) is 2.57. The van der Waals surface area contributed by atoms with Crippen LogP contribution < -0.4 is 10.6 Å². The molecular weight excluding hydrogens is 364 g/mol. The normalized spacial score (nSPS) is 11.6. The molecule has 6 nitrogen and oxygen atoms in total. The van der Waals surface area contributed by atoms with E-state index in [1.165, 1.54) is 0 Å². The summed E-state index contributed by atoms with van der Waals surface area (Å²) in [5.41, 5.74) is 1.94. The molecule has 2 aromatic carbocycles. The Morgan fingerprint density at radius 2 is 1.81 bits per heavy atom. The molecule has 3 rings (SSSR count). The van der Waals surface area contributed by atoms with Crippen molar-refractivity contribution < 1.29 is 9.59 Å². The maximum atomic E-state index is 12.3. The highest BCUT2D eigenvalue weighted by Crippen LogP contribution is 2.19. The van der Waals surface area contributed by atoms with Crippen LogP contribution in [0.4, 0.5) is 11.4 Å². The first-order valence-electron chi connectivity index (χ1n) is 8.46. The van der Waals surface area contributed by atoms with Crippen molar-refractivity contribution in [2.24, 2.45) is 0 Å². The highest BCUT2D eigenvalue weighted by Gasteiger charge is 2.15. The van der Waals surface area contributed by atoms with E-state index in [0.29, 0.717) is 16.4 Å². The van der Waals surface area contributed by atoms with Crippen molar-refractivity contribution in [3.05, 3.63) is 77.6 Å². The van der Waals surface area contributed by atoms with Crippen molar-refractivity contribution in [2.75, 3.05) is 10.6 Å². The molecule has 0 saturated heterocycles. The maximum Gasteiger partial charge on any atom is 0.248 e. The lowest BCUT2D eigenvalue weighted by Gasteiger charge is -2.13. The zero-order chi connectivity index (χ0) is 19.2. The number of carbonyl (C=O) groups is 2. The number of nitrogens with zero attached hydrogens (tertiary/aromatic N) is 2. The van der Waals surface area contributed by atoms with Gasteiger partial charge in [0.25, 0.3) is 0 Å². The Morgan fingerprint density at radius 1 is 1.07 bits per heavy atom. The number of rotatable bonds is 6. The number of anilines is 2. The Morgan fingerprint density at radius 3 is 2.52 bits per heavy atom. The van der Waals surface area contributed by atoms with Gasteiger partial charge in [-0.1, -0.05) is 35.9 Å². The Hall–Kier alpha value is -3.12. The number of nitrogens with one attached hydrogen (secondary N) is 2. The summed E-state index contributed by atoms with van der Waals surface area (Å²) >= 11 is 6.09. The third-order valence-electron chi connectivity index (χ3n) is 4.02. The van der Waals surface area contributed by atoms with Crippen molar-refractivity contribution in [3.63, 3.8) is 0 Å². The Balaban J connectivity index is 1.62. The predicted octanol–water partition coefficient (Wildman–Crippen LogP) is 3.92. The molecule has 7 heteroatoms. The van der Waals surface area contributed by atoms with Crippen LogP contribution in [-0.4, -0.2) is 21.6 Å². The SMILES string of the molecule is CC(C(=O)Nc1cccc(NC(=O)Cc2ccccc2Cl)c1)n1cccn1. The monoisotopic (exact) mass is 382 g/mol. The molecule has 0 saturated carbocycles. The minimum Gasteiger partial charge on any atom is -0.326 e. The second-order valence-electron chi connectivity index (χ2n) is 6.05. The molecule has 0 fully saturated rings. The van der Waals surface area contributed by atoms with E-state index < -0.39 is 6.04 Å². The molecule has 138 valence electrons. The van der Waals surface area contributed by atoms with E-state index in [1.54, 1.807) is 60.4 Å². The van der Waals surface area contributed by atoms with Crippen LogP contribution in [0.3, 0.4) is 0 Å². The fraction of sp³-hybridized carbons (Fsp3) is 0.150. The summed E-state index contributed by atoms with van der Waals surface area (Å²) < 4.78 is 1.57. The second kappa shape index (κ2) is 8.51. The van der Waals surface area contributed by atoms with Crippen molar-refractivity contribution in [1.29, 1.82) is 0 Å². The molecule has 27 heavy (non-hydrogen) atoms. The van der Waals surface area contributed by atoms with E-state index >= 15 is 0 Å². The third-order valence-corrected chi connectivity index (χ3v) is 4.39. The van der Waals surface area contributed by atoms with Gasteiger partial charge >= 0.3 is 0 Å². The summed E-state index contributed by atoms with van der Waals surface area (Å²) in [5.74, 6) is -0.380. The fourth-order valence-corrected chi connectivity index (χ4v) is 2.77. The molecule has 2 amide bonds. The van der Waals surface area contributed by atoms with Crippen molar-refractivity contribution in [3.8, 4) is 0 Å². The van der Waals surface area contributed by atoms with Crippen molar-refractivity contribution in [2.45, 2.75) is 19.4 Å². The van der Waals surface area contributed by atoms with Crippen LogP contribution >= 0.6 is 11.6 Å². The van der Waals surface area contributed by atoms with Crippen molar-refractivity contribution >= 4 is 34.8 Å². The molecule has 1 aromatic heterocycles. The van der Waals surface area contributed by atoms with Gasteiger partial charge in [-0.05, 0) is 42.8 Å². The summed E-state index contributed by atoms with van der Waals surface area (Å²) in [5, 5.41) is 10.3. The molecule has 0 bridgehead atoms. The lowest BCUT2D eigenvalue weighted by Crippen LogP contribution is -2.24. The van der Waals surface area contributed by atoms with Gasteiger partial charge in [0.15, 0.2) is 0 Å². The van der Waals surface area contributed by atoms with Crippen LogP contribution in [0.1, 0.15) is 18.5 Å². The van der Waals surface area contributed by atoms with Gasteiger partial charge in [0.05, 0.1) is 6.42 Å². The highest BCUT2D eigenvalue weighted by atomic mass is 35.5. The van der Waals surface area contributed by atoms with E-state index in [-0.39, 0.29) is 18.2 Å². The average Bonchev–Trinajstić information content (AvgIpc) is 3.18. The van der Waals surface area contributed by atoms with Gasteiger partial charge in [-0.2, -0.15) is 5.10 Å². The Bertz CT molecular complexity index is 941. The lowest BCUT2D eigenvalue weighted by molar-refractivity contribution is -0.119. The minimum atomic E-state index is -0.446. The van der Waals surface area contributed by atoms with Crippen molar-refractivity contribution in [1.82, 2.24) is 9.78 Å². The molecule has 1 atom stereocenters. The summed E-state index contributed by atoms with van der Waals surface area (Å²) in [6, 6.07) is 15.5. The summed E-state index contributed by atoms with van der Waals surface area (Å²) in [7, 11) is 0. The van der Waals surface area contributed by atoms with Crippen LogP contribution in [0.2, 0.25) is 5.02 Å². The number of hydrogen-bond acceptors (Lipinski definition) is 3. The van der Waals surface area contributed by atoms with Gasteiger partial charge < -0.3 is 10.6 Å². The number of amides is 2. The highest BCUT2D eigenvalue weighted by molar-refractivity contribution is 6.31.